The van der Waals surface area contributed by atoms with Gasteiger partial charge in [0.15, 0.2) is 11.0 Å². The van der Waals surface area contributed by atoms with Crippen molar-refractivity contribution in [1.29, 1.82) is 0 Å². The lowest BCUT2D eigenvalue weighted by molar-refractivity contribution is -0.678. The number of hydrogen-bond donors (Lipinski definition) is 0. The van der Waals surface area contributed by atoms with Crippen molar-refractivity contribution in [2.24, 2.45) is 0 Å². The number of imidazole rings is 1. The second kappa shape index (κ2) is 8.69. The maximum atomic E-state index is 3.64. The van der Waals surface area contributed by atoms with Crippen molar-refractivity contribution in [2.45, 2.75) is 39.8 Å². The molecule has 4 rings (SSSR count). The highest BCUT2D eigenvalue weighted by Crippen LogP contribution is 2.31. The Morgan fingerprint density at radius 2 is 2.08 bits per heavy atom. The van der Waals surface area contributed by atoms with Crippen LogP contribution in [0.3, 0.4) is 0 Å². The third-order valence-electron chi connectivity index (χ3n) is 5.19. The van der Waals surface area contributed by atoms with Crippen LogP contribution in [0.1, 0.15) is 32.5 Å². The highest BCUT2D eigenvalue weighted by Gasteiger charge is 2.30. The molecule has 140 valence electrons. The van der Waals surface area contributed by atoms with E-state index in [1.54, 1.807) is 0 Å². The van der Waals surface area contributed by atoms with Crippen LogP contribution < -0.4 is 28.5 Å². The molecule has 1 aromatic carbocycles. The molecule has 3 heterocycles. The summed E-state index contributed by atoms with van der Waals surface area (Å²) < 4.78 is 6.14. The summed E-state index contributed by atoms with van der Waals surface area (Å²) in [5, 5.41) is 1.43. The van der Waals surface area contributed by atoms with Gasteiger partial charge in [0.1, 0.15) is 0 Å². The van der Waals surface area contributed by atoms with E-state index in [0.29, 0.717) is 0 Å². The van der Waals surface area contributed by atoms with Crippen molar-refractivity contribution in [3.8, 4) is 0 Å². The SMILES string of the molecule is CCN1CCSC1=CC=C1CCC[n+]2c1n(CC)c1cc(Br)ccc12.[I-]. The number of halogens is 2. The maximum absolute atomic E-state index is 3.64. The van der Waals surface area contributed by atoms with Crippen molar-refractivity contribution in [3.63, 3.8) is 0 Å². The first-order chi connectivity index (χ1) is 12.2. The quantitative estimate of drug-likeness (QED) is 0.431. The van der Waals surface area contributed by atoms with Gasteiger partial charge in [-0.05, 0) is 51.0 Å². The lowest BCUT2D eigenvalue weighted by Gasteiger charge is -2.16. The number of nitrogens with zero attached hydrogens (tertiary/aromatic N) is 3. The van der Waals surface area contributed by atoms with Crippen molar-refractivity contribution in [3.05, 3.63) is 45.7 Å². The number of fused-ring (bicyclic) bond motifs is 3. The summed E-state index contributed by atoms with van der Waals surface area (Å²) in [4.78, 5) is 2.48. The van der Waals surface area contributed by atoms with E-state index in [-0.39, 0.29) is 24.0 Å². The van der Waals surface area contributed by atoms with E-state index in [4.69, 9.17) is 0 Å². The minimum atomic E-state index is 0. The fourth-order valence-electron chi connectivity index (χ4n) is 4.01. The molecule has 0 saturated carbocycles. The molecule has 0 aliphatic carbocycles. The van der Waals surface area contributed by atoms with Crippen LogP contribution in [0.2, 0.25) is 0 Å². The van der Waals surface area contributed by atoms with Crippen LogP contribution in [0.25, 0.3) is 16.6 Å². The largest absolute Gasteiger partial charge is 1.00 e. The molecule has 3 nitrogen and oxygen atoms in total. The zero-order chi connectivity index (χ0) is 17.4. The first-order valence-electron chi connectivity index (χ1n) is 9.23. The normalized spacial score (nSPS) is 20.0. The van der Waals surface area contributed by atoms with Crippen LogP contribution in [0.4, 0.5) is 0 Å². The summed E-state index contributed by atoms with van der Waals surface area (Å²) in [5.74, 6) is 2.61. The van der Waals surface area contributed by atoms with Gasteiger partial charge >= 0.3 is 0 Å². The van der Waals surface area contributed by atoms with Gasteiger partial charge in [-0.2, -0.15) is 0 Å². The molecule has 1 aromatic heterocycles. The molecule has 0 spiro atoms. The maximum Gasteiger partial charge on any atom is 0.285 e. The van der Waals surface area contributed by atoms with Gasteiger partial charge in [-0.15, -0.1) is 11.8 Å². The molecule has 2 aliphatic rings. The number of aryl methyl sites for hydroxylation is 2. The van der Waals surface area contributed by atoms with E-state index >= 15 is 0 Å². The van der Waals surface area contributed by atoms with Crippen LogP contribution in [0.15, 0.2) is 39.9 Å². The smallest absolute Gasteiger partial charge is 0.285 e. The number of hydrogen-bond acceptors (Lipinski definition) is 2. The molecule has 2 aromatic rings. The monoisotopic (exact) mass is 545 g/mol. The summed E-state index contributed by atoms with van der Waals surface area (Å²) in [6.07, 6.45) is 7.11. The van der Waals surface area contributed by atoms with Crippen LogP contribution in [-0.4, -0.2) is 28.3 Å². The second-order valence-corrected chi connectivity index (χ2v) is 8.61. The topological polar surface area (TPSA) is 12.1 Å². The van der Waals surface area contributed by atoms with Gasteiger partial charge in [0.2, 0.25) is 0 Å². The number of rotatable bonds is 3. The van der Waals surface area contributed by atoms with Crippen LogP contribution in [-0.2, 0) is 13.1 Å². The van der Waals surface area contributed by atoms with Gasteiger partial charge in [0, 0.05) is 35.0 Å². The molecule has 6 heteroatoms. The highest BCUT2D eigenvalue weighted by molar-refractivity contribution is 9.10. The molecular formula is C20H25BrIN3S. The summed E-state index contributed by atoms with van der Waals surface area (Å²) >= 11 is 5.62. The van der Waals surface area contributed by atoms with E-state index in [0.717, 1.165) is 30.5 Å². The Kier molecular flexibility index (Phi) is 6.78. The summed E-state index contributed by atoms with van der Waals surface area (Å²) in [6, 6.07) is 6.66. The number of allylic oxidation sites excluding steroid dienone is 3. The van der Waals surface area contributed by atoms with Gasteiger partial charge in [0.05, 0.1) is 18.1 Å². The summed E-state index contributed by atoms with van der Waals surface area (Å²) in [6.45, 7) is 8.89. The Labute approximate surface area is 185 Å². The van der Waals surface area contributed by atoms with E-state index in [2.05, 4.69) is 74.2 Å². The minimum Gasteiger partial charge on any atom is -1.00 e. The first kappa shape index (κ1) is 20.3. The Balaban J connectivity index is 0.00000196. The predicted octanol–water partition coefficient (Wildman–Crippen LogP) is 1.80. The Morgan fingerprint density at radius 1 is 1.23 bits per heavy atom. The Morgan fingerprint density at radius 3 is 2.85 bits per heavy atom. The average molecular weight is 546 g/mol. The van der Waals surface area contributed by atoms with E-state index in [1.165, 1.54) is 46.2 Å². The summed E-state index contributed by atoms with van der Waals surface area (Å²) in [5.41, 5.74) is 4.15. The van der Waals surface area contributed by atoms with Crippen molar-refractivity contribution in [1.82, 2.24) is 9.47 Å². The van der Waals surface area contributed by atoms with E-state index in [9.17, 15) is 0 Å². The molecule has 0 unspecified atom stereocenters. The molecular weight excluding hydrogens is 521 g/mol. The molecule has 26 heavy (non-hydrogen) atoms. The Bertz CT molecular complexity index is 872. The van der Waals surface area contributed by atoms with Crippen LogP contribution in [0.5, 0.6) is 0 Å². The molecule has 0 atom stereocenters. The second-order valence-electron chi connectivity index (χ2n) is 6.58. The molecule has 0 amide bonds. The highest BCUT2D eigenvalue weighted by atomic mass is 127. The van der Waals surface area contributed by atoms with E-state index < -0.39 is 0 Å². The third kappa shape index (κ3) is 3.61. The lowest BCUT2D eigenvalue weighted by atomic mass is 10.1. The molecule has 0 N–H and O–H groups in total. The van der Waals surface area contributed by atoms with Crippen molar-refractivity contribution >= 4 is 44.3 Å². The van der Waals surface area contributed by atoms with E-state index in [1.807, 2.05) is 11.8 Å². The molecule has 0 radical (unpaired) electrons. The number of aromatic nitrogens is 2. The zero-order valence-electron chi connectivity index (χ0n) is 15.3. The lowest BCUT2D eigenvalue weighted by Crippen LogP contribution is -3.00. The fourth-order valence-corrected chi connectivity index (χ4v) is 5.44. The fraction of sp³-hybridized carbons (Fsp3) is 0.450. The number of thioether (sulfide) groups is 1. The average Bonchev–Trinajstić information content (AvgIpc) is 3.21. The Hall–Kier alpha value is -0.470. The van der Waals surface area contributed by atoms with Gasteiger partial charge in [0.25, 0.3) is 5.82 Å². The first-order valence-corrected chi connectivity index (χ1v) is 11.0. The van der Waals surface area contributed by atoms with Crippen molar-refractivity contribution < 1.29 is 28.5 Å². The van der Waals surface area contributed by atoms with Crippen molar-refractivity contribution in [2.75, 3.05) is 18.8 Å². The van der Waals surface area contributed by atoms with Crippen LogP contribution in [0, 0.1) is 0 Å². The zero-order valence-corrected chi connectivity index (χ0v) is 19.9. The molecule has 0 bridgehead atoms. The number of benzene rings is 1. The van der Waals surface area contributed by atoms with Gasteiger partial charge < -0.3 is 28.9 Å². The standard InChI is InChI=1S/C20H25BrN3S.HI/c1-3-22-12-13-25-19(22)10-7-15-6-5-11-24-17-9-8-16(21)14-18(17)23(4-2)20(15)24;/h7-10,14H,3-6,11-13H2,1-2H3;1H/q+1;/p-1. The predicted molar refractivity (Wildman–Crippen MR) is 111 cm³/mol. The molecule has 1 saturated heterocycles. The van der Waals surface area contributed by atoms with Gasteiger partial charge in [-0.3, -0.25) is 0 Å². The minimum absolute atomic E-state index is 0. The van der Waals surface area contributed by atoms with Gasteiger partial charge in [-0.25, -0.2) is 9.13 Å². The molecule has 2 aliphatic heterocycles. The summed E-state index contributed by atoms with van der Waals surface area (Å²) in [7, 11) is 0. The third-order valence-corrected chi connectivity index (χ3v) is 6.76. The van der Waals surface area contributed by atoms with Gasteiger partial charge in [-0.1, -0.05) is 15.9 Å². The van der Waals surface area contributed by atoms with Crippen LogP contribution >= 0.6 is 27.7 Å². The molecule has 1 fully saturated rings.